The average molecular weight is 516 g/mol. The van der Waals surface area contributed by atoms with Crippen molar-refractivity contribution in [3.63, 3.8) is 0 Å². The van der Waals surface area contributed by atoms with Crippen LogP contribution >= 0.6 is 0 Å². The molecule has 38 heavy (non-hydrogen) atoms. The molecular formula is C30H37N5O3. The number of rotatable bonds is 5. The van der Waals surface area contributed by atoms with E-state index >= 15 is 0 Å². The van der Waals surface area contributed by atoms with E-state index in [1.165, 1.54) is 34.3 Å². The highest BCUT2D eigenvalue weighted by Gasteiger charge is 2.44. The van der Waals surface area contributed by atoms with Gasteiger partial charge >= 0.3 is 0 Å². The second-order valence-electron chi connectivity index (χ2n) is 10.7. The van der Waals surface area contributed by atoms with E-state index in [0.717, 1.165) is 56.8 Å². The number of anilines is 2. The fourth-order valence-corrected chi connectivity index (χ4v) is 5.74. The van der Waals surface area contributed by atoms with Crippen LogP contribution in [-0.4, -0.2) is 68.5 Å². The molecule has 1 aromatic heterocycles. The maximum atomic E-state index is 12.6. The second-order valence-corrected chi connectivity index (χ2v) is 10.7. The Bertz CT molecular complexity index is 1240. The number of benzene rings is 2. The Morgan fingerprint density at radius 1 is 1.11 bits per heavy atom. The molecule has 4 heterocycles. The van der Waals surface area contributed by atoms with Crippen molar-refractivity contribution in [2.24, 2.45) is 5.41 Å². The highest BCUT2D eigenvalue weighted by Crippen LogP contribution is 2.43. The highest BCUT2D eigenvalue weighted by molar-refractivity contribution is 5.98. The Morgan fingerprint density at radius 3 is 2.55 bits per heavy atom. The minimum Gasteiger partial charge on any atom is -0.381 e. The lowest BCUT2D eigenvalue weighted by atomic mass is 9.73. The largest absolute Gasteiger partial charge is 0.381 e. The molecule has 1 atom stereocenters. The van der Waals surface area contributed by atoms with Crippen LogP contribution in [-0.2, 0) is 27.2 Å². The summed E-state index contributed by atoms with van der Waals surface area (Å²) in [7, 11) is 3.77. The molecule has 8 nitrogen and oxygen atoms in total. The van der Waals surface area contributed by atoms with Gasteiger partial charge in [-0.05, 0) is 61.6 Å². The lowest BCUT2D eigenvalue weighted by Crippen LogP contribution is -2.58. The number of fused-ring (bicyclic) bond motifs is 1. The SMILES string of the molecule is CNC1CCc2ccc(N3CC4(CCOCC4)C3)cc2N(C)C1=O.O=Cn1cc(Cc2ccccc2)cn1. The molecule has 1 unspecified atom stereocenters. The summed E-state index contributed by atoms with van der Waals surface area (Å²) in [6.07, 6.45) is 9.11. The Balaban J connectivity index is 0.000000179. The first-order valence-electron chi connectivity index (χ1n) is 13.4. The number of hydrogen-bond donors (Lipinski definition) is 1. The van der Waals surface area contributed by atoms with Gasteiger partial charge in [0.25, 0.3) is 0 Å². The van der Waals surface area contributed by atoms with Gasteiger partial charge in [-0.3, -0.25) is 9.59 Å². The molecule has 3 aliphatic heterocycles. The standard InChI is InChI=1S/C19H27N3O2.C11H10N2O/c1-20-16-6-4-14-3-5-15(11-17(14)21(2)18(16)23)22-12-19(13-22)7-9-24-10-8-19;14-9-13-8-11(7-12-13)6-10-4-2-1-3-5-10/h3,5,11,16,20H,4,6-10,12-13H2,1-2H3;1-5,7-9H,6H2. The normalized spacial score (nSPS) is 20.2. The van der Waals surface area contributed by atoms with Crippen LogP contribution < -0.4 is 15.1 Å². The topological polar surface area (TPSA) is 79.7 Å². The minimum absolute atomic E-state index is 0.0830. The van der Waals surface area contributed by atoms with E-state index in [1.54, 1.807) is 12.4 Å². The lowest BCUT2D eigenvalue weighted by Gasteiger charge is -2.53. The first-order valence-corrected chi connectivity index (χ1v) is 13.4. The predicted octanol–water partition coefficient (Wildman–Crippen LogP) is 3.31. The molecule has 200 valence electrons. The Labute approximate surface area is 224 Å². The van der Waals surface area contributed by atoms with Crippen LogP contribution in [0.2, 0.25) is 0 Å². The molecule has 2 aromatic carbocycles. The maximum absolute atomic E-state index is 12.6. The zero-order chi connectivity index (χ0) is 26.5. The Morgan fingerprint density at radius 2 is 1.87 bits per heavy atom. The Kier molecular flexibility index (Phi) is 7.90. The molecular weight excluding hydrogens is 478 g/mol. The summed E-state index contributed by atoms with van der Waals surface area (Å²) in [4.78, 5) is 27.2. The fourth-order valence-electron chi connectivity index (χ4n) is 5.74. The molecule has 0 saturated carbocycles. The summed E-state index contributed by atoms with van der Waals surface area (Å²) in [6.45, 7) is 4.04. The zero-order valence-corrected chi connectivity index (χ0v) is 22.3. The van der Waals surface area contributed by atoms with Gasteiger partial charge in [0.15, 0.2) is 0 Å². The van der Waals surface area contributed by atoms with E-state index in [2.05, 4.69) is 45.6 Å². The number of amides is 1. The van der Waals surface area contributed by atoms with Crippen molar-refractivity contribution in [3.8, 4) is 0 Å². The molecule has 3 aromatic rings. The van der Waals surface area contributed by atoms with Gasteiger partial charge in [0.05, 0.1) is 12.2 Å². The van der Waals surface area contributed by atoms with E-state index in [9.17, 15) is 9.59 Å². The van der Waals surface area contributed by atoms with Gasteiger partial charge in [-0.2, -0.15) is 5.10 Å². The van der Waals surface area contributed by atoms with E-state index in [0.29, 0.717) is 11.8 Å². The third-order valence-corrected chi connectivity index (χ3v) is 8.09. The number of aryl methyl sites for hydroxylation is 1. The molecule has 0 aliphatic carbocycles. The molecule has 1 amide bonds. The smallest absolute Gasteiger partial charge is 0.243 e. The number of hydrogen-bond acceptors (Lipinski definition) is 6. The number of ether oxygens (including phenoxy) is 1. The first-order chi connectivity index (χ1) is 18.5. The molecule has 2 fully saturated rings. The van der Waals surface area contributed by atoms with E-state index in [1.807, 2.05) is 37.2 Å². The molecule has 0 bridgehead atoms. The van der Waals surface area contributed by atoms with Crippen LogP contribution in [0, 0.1) is 5.41 Å². The minimum atomic E-state index is -0.0830. The van der Waals surface area contributed by atoms with Gasteiger partial charge in [-0.1, -0.05) is 36.4 Å². The van der Waals surface area contributed by atoms with Crippen LogP contribution in [0.3, 0.4) is 0 Å². The number of carbonyl (C=O) groups excluding carboxylic acids is 2. The molecule has 6 rings (SSSR count). The third-order valence-electron chi connectivity index (χ3n) is 8.09. The number of carbonyl (C=O) groups is 2. The maximum Gasteiger partial charge on any atom is 0.243 e. The first kappa shape index (κ1) is 26.1. The van der Waals surface area contributed by atoms with Crippen molar-refractivity contribution < 1.29 is 14.3 Å². The van der Waals surface area contributed by atoms with Gasteiger partial charge in [0.1, 0.15) is 0 Å². The van der Waals surface area contributed by atoms with Crippen LogP contribution in [0.25, 0.3) is 0 Å². The predicted molar refractivity (Wildman–Crippen MR) is 149 cm³/mol. The average Bonchev–Trinajstić information content (AvgIpc) is 3.36. The monoisotopic (exact) mass is 515 g/mol. The molecule has 8 heteroatoms. The number of aromatic nitrogens is 2. The zero-order valence-electron chi connectivity index (χ0n) is 22.3. The summed E-state index contributed by atoms with van der Waals surface area (Å²) in [5, 5.41) is 7.02. The van der Waals surface area contributed by atoms with Crippen molar-refractivity contribution in [3.05, 3.63) is 77.6 Å². The molecule has 0 radical (unpaired) electrons. The van der Waals surface area contributed by atoms with Gasteiger partial charge in [-0.25, -0.2) is 4.68 Å². The van der Waals surface area contributed by atoms with Crippen molar-refractivity contribution in [1.82, 2.24) is 15.1 Å². The number of likely N-dealkylation sites (N-methyl/N-ethyl adjacent to an activating group) is 2. The van der Waals surface area contributed by atoms with Crippen molar-refractivity contribution in [2.45, 2.75) is 38.1 Å². The lowest BCUT2D eigenvalue weighted by molar-refractivity contribution is -0.120. The molecule has 1 spiro atoms. The third kappa shape index (κ3) is 5.66. The Hall–Kier alpha value is -3.49. The number of nitrogens with zero attached hydrogens (tertiary/aromatic N) is 4. The molecule has 1 N–H and O–H groups in total. The number of nitrogens with one attached hydrogen (secondary N) is 1. The highest BCUT2D eigenvalue weighted by atomic mass is 16.5. The van der Waals surface area contributed by atoms with E-state index in [-0.39, 0.29) is 11.9 Å². The summed E-state index contributed by atoms with van der Waals surface area (Å²) in [5.41, 5.74) is 6.32. The van der Waals surface area contributed by atoms with Crippen LogP contribution in [0.15, 0.2) is 60.9 Å². The van der Waals surface area contributed by atoms with Gasteiger partial charge in [0.2, 0.25) is 12.3 Å². The quantitative estimate of drug-likeness (QED) is 0.526. The summed E-state index contributed by atoms with van der Waals surface area (Å²) >= 11 is 0. The van der Waals surface area contributed by atoms with Crippen LogP contribution in [0.1, 0.15) is 36.0 Å². The van der Waals surface area contributed by atoms with Crippen molar-refractivity contribution in [1.29, 1.82) is 0 Å². The molecule has 3 aliphatic rings. The molecule has 2 saturated heterocycles. The van der Waals surface area contributed by atoms with E-state index < -0.39 is 0 Å². The fraction of sp³-hybridized carbons (Fsp3) is 0.433. The summed E-state index contributed by atoms with van der Waals surface area (Å²) < 4.78 is 6.78. The van der Waals surface area contributed by atoms with Gasteiger partial charge < -0.3 is 19.9 Å². The summed E-state index contributed by atoms with van der Waals surface area (Å²) in [5.74, 6) is 0.165. The van der Waals surface area contributed by atoms with Crippen LogP contribution in [0.5, 0.6) is 0 Å². The van der Waals surface area contributed by atoms with Crippen molar-refractivity contribution in [2.75, 3.05) is 50.2 Å². The van der Waals surface area contributed by atoms with E-state index in [4.69, 9.17) is 4.74 Å². The summed E-state index contributed by atoms with van der Waals surface area (Å²) in [6, 6.07) is 16.6. The van der Waals surface area contributed by atoms with Crippen LogP contribution in [0.4, 0.5) is 11.4 Å². The van der Waals surface area contributed by atoms with Crippen molar-refractivity contribution >= 4 is 23.7 Å². The second kappa shape index (κ2) is 11.5. The van der Waals surface area contributed by atoms with Gasteiger partial charge in [-0.15, -0.1) is 0 Å². The van der Waals surface area contributed by atoms with Gasteiger partial charge in [0, 0.05) is 62.8 Å².